The molecule has 0 aromatic heterocycles. The number of hydrogen-bond donors (Lipinski definition) is 2. The van der Waals surface area contributed by atoms with Crippen molar-refractivity contribution < 1.29 is 13.6 Å². The van der Waals surface area contributed by atoms with Gasteiger partial charge in [0, 0.05) is 23.4 Å². The van der Waals surface area contributed by atoms with Crippen molar-refractivity contribution in [3.63, 3.8) is 0 Å². The molecule has 0 saturated carbocycles. The Labute approximate surface area is 139 Å². The molecule has 0 fully saturated rings. The van der Waals surface area contributed by atoms with Crippen molar-refractivity contribution in [3.05, 3.63) is 65.2 Å². The largest absolute Gasteiger partial charge is 0.325 e. The summed E-state index contributed by atoms with van der Waals surface area (Å²) >= 11 is 0. The van der Waals surface area contributed by atoms with Gasteiger partial charge in [-0.3, -0.25) is 10.1 Å². The van der Waals surface area contributed by atoms with Crippen molar-refractivity contribution in [2.75, 3.05) is 5.32 Å². The Balaban J connectivity index is 2.01. The van der Waals surface area contributed by atoms with Crippen molar-refractivity contribution in [2.45, 2.75) is 25.9 Å². The van der Waals surface area contributed by atoms with E-state index < -0.39 is 23.7 Å². The van der Waals surface area contributed by atoms with Crippen LogP contribution in [0.3, 0.4) is 0 Å². The highest BCUT2D eigenvalue weighted by molar-refractivity contribution is 5.94. The van der Waals surface area contributed by atoms with E-state index in [1.165, 1.54) is 12.1 Å². The predicted molar refractivity (Wildman–Crippen MR) is 87.2 cm³/mol. The first-order chi connectivity index (χ1) is 11.4. The summed E-state index contributed by atoms with van der Waals surface area (Å²) in [6.45, 7) is 3.33. The van der Waals surface area contributed by atoms with Crippen LogP contribution < -0.4 is 10.6 Å². The first kappa shape index (κ1) is 17.6. The number of anilines is 1. The molecule has 2 N–H and O–H groups in total. The number of hydrogen-bond acceptors (Lipinski definition) is 3. The number of amides is 1. The zero-order valence-corrected chi connectivity index (χ0v) is 13.3. The van der Waals surface area contributed by atoms with Crippen molar-refractivity contribution >= 4 is 11.6 Å². The molecule has 24 heavy (non-hydrogen) atoms. The van der Waals surface area contributed by atoms with Crippen LogP contribution in [0.1, 0.15) is 31.0 Å². The molecule has 0 radical (unpaired) electrons. The van der Waals surface area contributed by atoms with Crippen LogP contribution in [-0.4, -0.2) is 11.9 Å². The fourth-order valence-corrected chi connectivity index (χ4v) is 2.31. The average Bonchev–Trinajstić information content (AvgIpc) is 2.54. The van der Waals surface area contributed by atoms with Crippen LogP contribution in [0.4, 0.5) is 14.5 Å². The lowest BCUT2D eigenvalue weighted by Crippen LogP contribution is -2.39. The molecule has 0 aliphatic carbocycles. The van der Waals surface area contributed by atoms with Gasteiger partial charge in [0.05, 0.1) is 17.7 Å². The van der Waals surface area contributed by atoms with Gasteiger partial charge in [0.2, 0.25) is 5.91 Å². The molecule has 0 aliphatic heterocycles. The second kappa shape index (κ2) is 7.66. The minimum atomic E-state index is -0.663. The first-order valence-electron chi connectivity index (χ1n) is 7.42. The lowest BCUT2D eigenvalue weighted by atomic mass is 10.1. The highest BCUT2D eigenvalue weighted by atomic mass is 19.1. The van der Waals surface area contributed by atoms with Gasteiger partial charge in [0.25, 0.3) is 0 Å². The molecule has 0 aliphatic rings. The van der Waals surface area contributed by atoms with Gasteiger partial charge >= 0.3 is 0 Å². The smallest absolute Gasteiger partial charge is 0.241 e. The zero-order chi connectivity index (χ0) is 17.7. The number of nitrogens with one attached hydrogen (secondary N) is 2. The van der Waals surface area contributed by atoms with Gasteiger partial charge in [-0.15, -0.1) is 0 Å². The summed E-state index contributed by atoms with van der Waals surface area (Å²) in [6, 6.07) is 10.8. The molecule has 0 bridgehead atoms. The molecule has 0 heterocycles. The highest BCUT2D eigenvalue weighted by Crippen LogP contribution is 2.18. The van der Waals surface area contributed by atoms with Gasteiger partial charge in [-0.2, -0.15) is 5.26 Å². The fourth-order valence-electron chi connectivity index (χ4n) is 2.31. The summed E-state index contributed by atoms with van der Waals surface area (Å²) < 4.78 is 26.7. The number of carbonyl (C=O) groups excluding carboxylic acids is 1. The summed E-state index contributed by atoms with van der Waals surface area (Å²) in [5.41, 5.74) is 1.23. The number of halogens is 2. The summed E-state index contributed by atoms with van der Waals surface area (Å²) in [4.78, 5) is 12.2. The molecule has 1 amide bonds. The Morgan fingerprint density at radius 2 is 1.92 bits per heavy atom. The number of nitrogens with zero attached hydrogens (tertiary/aromatic N) is 1. The molecule has 2 aromatic carbocycles. The predicted octanol–water partition coefficient (Wildman–Crippen LogP) is 3.51. The Morgan fingerprint density at radius 3 is 2.58 bits per heavy atom. The molecule has 4 nitrogen and oxygen atoms in total. The Kier molecular flexibility index (Phi) is 5.61. The Bertz CT molecular complexity index is 786. The second-order valence-electron chi connectivity index (χ2n) is 5.46. The van der Waals surface area contributed by atoms with Gasteiger partial charge < -0.3 is 5.32 Å². The van der Waals surface area contributed by atoms with Crippen LogP contribution >= 0.6 is 0 Å². The zero-order valence-electron chi connectivity index (χ0n) is 13.3. The number of benzene rings is 2. The van der Waals surface area contributed by atoms with Crippen molar-refractivity contribution in [3.8, 4) is 6.07 Å². The van der Waals surface area contributed by atoms with Gasteiger partial charge in [-0.05, 0) is 38.1 Å². The quantitative estimate of drug-likeness (QED) is 0.882. The van der Waals surface area contributed by atoms with Crippen molar-refractivity contribution in [2.24, 2.45) is 0 Å². The highest BCUT2D eigenvalue weighted by Gasteiger charge is 2.18. The van der Waals surface area contributed by atoms with Crippen LogP contribution in [-0.2, 0) is 4.79 Å². The van der Waals surface area contributed by atoms with E-state index in [-0.39, 0.29) is 11.5 Å². The minimum absolute atomic E-state index is 0.280. The van der Waals surface area contributed by atoms with E-state index in [4.69, 9.17) is 5.26 Å². The van der Waals surface area contributed by atoms with E-state index in [2.05, 4.69) is 10.6 Å². The molecule has 6 heteroatoms. The third kappa shape index (κ3) is 4.37. The maximum atomic E-state index is 13.8. The van der Waals surface area contributed by atoms with Crippen molar-refractivity contribution in [1.29, 1.82) is 5.26 Å². The van der Waals surface area contributed by atoms with E-state index in [1.54, 1.807) is 38.1 Å². The van der Waals surface area contributed by atoms with E-state index in [1.807, 2.05) is 6.07 Å². The molecular formula is C18H17F2N3O. The number of carbonyl (C=O) groups is 1. The number of rotatable bonds is 5. The maximum Gasteiger partial charge on any atom is 0.241 e. The molecule has 0 unspecified atom stereocenters. The van der Waals surface area contributed by atoms with E-state index in [0.29, 0.717) is 11.3 Å². The molecule has 0 spiro atoms. The summed E-state index contributed by atoms with van der Waals surface area (Å²) in [7, 11) is 0. The number of nitriles is 1. The standard InChI is InChI=1S/C18H17F2N3O/c1-11(16-7-6-14(19)9-17(16)20)22-12(2)18(24)23-15-5-3-4-13(8-15)10-21/h3-9,11-12,22H,1-2H3,(H,23,24)/t11-,12+/m1/s1. The van der Waals surface area contributed by atoms with E-state index in [9.17, 15) is 13.6 Å². The van der Waals surface area contributed by atoms with Gasteiger partial charge in [-0.25, -0.2) is 8.78 Å². The molecule has 2 aromatic rings. The second-order valence-corrected chi connectivity index (χ2v) is 5.46. The van der Waals surface area contributed by atoms with E-state index >= 15 is 0 Å². The Morgan fingerprint density at radius 1 is 1.17 bits per heavy atom. The van der Waals surface area contributed by atoms with Crippen LogP contribution in [0.15, 0.2) is 42.5 Å². The van der Waals surface area contributed by atoms with Crippen LogP contribution in [0.2, 0.25) is 0 Å². The topological polar surface area (TPSA) is 64.9 Å². The normalized spacial score (nSPS) is 13.0. The van der Waals surface area contributed by atoms with Gasteiger partial charge in [0.15, 0.2) is 0 Å². The Hall–Kier alpha value is -2.78. The molecule has 124 valence electrons. The monoisotopic (exact) mass is 329 g/mol. The summed E-state index contributed by atoms with van der Waals surface area (Å²) in [5.74, 6) is -1.63. The van der Waals surface area contributed by atoms with Crippen LogP contribution in [0, 0.1) is 23.0 Å². The van der Waals surface area contributed by atoms with Crippen molar-refractivity contribution in [1.82, 2.24) is 5.32 Å². The summed E-state index contributed by atoms with van der Waals surface area (Å²) in [5, 5.41) is 14.5. The maximum absolute atomic E-state index is 13.8. The first-order valence-corrected chi connectivity index (χ1v) is 7.42. The molecular weight excluding hydrogens is 312 g/mol. The third-order valence-electron chi connectivity index (χ3n) is 3.58. The van der Waals surface area contributed by atoms with Crippen LogP contribution in [0.25, 0.3) is 0 Å². The van der Waals surface area contributed by atoms with E-state index in [0.717, 1.165) is 6.07 Å². The lowest BCUT2D eigenvalue weighted by Gasteiger charge is -2.20. The van der Waals surface area contributed by atoms with Crippen LogP contribution in [0.5, 0.6) is 0 Å². The third-order valence-corrected chi connectivity index (χ3v) is 3.58. The molecule has 2 rings (SSSR count). The minimum Gasteiger partial charge on any atom is -0.325 e. The lowest BCUT2D eigenvalue weighted by molar-refractivity contribution is -0.117. The average molecular weight is 329 g/mol. The molecule has 2 atom stereocenters. The molecule has 0 saturated heterocycles. The SMILES string of the molecule is C[C@H](N[C@H](C)c1ccc(F)cc1F)C(=O)Nc1cccc(C#N)c1. The van der Waals surface area contributed by atoms with Gasteiger partial charge in [0.1, 0.15) is 11.6 Å². The fraction of sp³-hybridized carbons (Fsp3) is 0.222. The van der Waals surface area contributed by atoms with Gasteiger partial charge in [-0.1, -0.05) is 12.1 Å². The summed E-state index contributed by atoms with van der Waals surface area (Å²) in [6.07, 6.45) is 0.